The molecule has 5 rings (SSSR count). The SMILES string of the molecule is C=CC1=C(C)c2cc3[nH]c(cc4[nH]c(cc5[nH]c(c(C)c5C=C)c(=O)c1n2)c(C)c4CCC)c(CCC)c3C. The Morgan fingerprint density at radius 2 is 1.31 bits per heavy atom. The van der Waals surface area contributed by atoms with Gasteiger partial charge in [0, 0.05) is 38.7 Å². The zero-order valence-electron chi connectivity index (χ0n) is 24.0. The summed E-state index contributed by atoms with van der Waals surface area (Å²) in [6.07, 6.45) is 7.62. The molecule has 0 amide bonds. The van der Waals surface area contributed by atoms with Crippen LogP contribution in [0.5, 0.6) is 0 Å². The van der Waals surface area contributed by atoms with Crippen molar-refractivity contribution in [2.45, 2.75) is 67.2 Å². The molecule has 4 aromatic heterocycles. The van der Waals surface area contributed by atoms with Crippen LogP contribution in [0.2, 0.25) is 0 Å². The van der Waals surface area contributed by atoms with Gasteiger partial charge in [0.15, 0.2) is 0 Å². The Labute approximate surface area is 229 Å². The monoisotopic (exact) mass is 518 g/mol. The highest BCUT2D eigenvalue weighted by Crippen LogP contribution is 2.32. The number of H-pyrrole nitrogens is 3. The van der Waals surface area contributed by atoms with Gasteiger partial charge in [-0.15, -0.1) is 0 Å². The van der Waals surface area contributed by atoms with Gasteiger partial charge in [0.2, 0.25) is 5.43 Å². The minimum absolute atomic E-state index is 0.139. The zero-order valence-corrected chi connectivity index (χ0v) is 24.0. The lowest BCUT2D eigenvalue weighted by atomic mass is 10.0. The predicted octanol–water partition coefficient (Wildman–Crippen LogP) is 8.48. The maximum absolute atomic E-state index is 14.0. The Morgan fingerprint density at radius 1 is 0.744 bits per heavy atom. The van der Waals surface area contributed by atoms with Crippen molar-refractivity contribution in [3.05, 3.63) is 92.4 Å². The molecule has 0 unspecified atom stereocenters. The first kappa shape index (κ1) is 26.5. The quantitative estimate of drug-likeness (QED) is 0.239. The van der Waals surface area contributed by atoms with E-state index in [9.17, 15) is 4.79 Å². The molecular weight excluding hydrogens is 480 g/mol. The topological polar surface area (TPSA) is 77.3 Å². The molecule has 1 aliphatic rings. The van der Waals surface area contributed by atoms with Gasteiger partial charge >= 0.3 is 0 Å². The van der Waals surface area contributed by atoms with Gasteiger partial charge in [-0.2, -0.15) is 0 Å². The Balaban J connectivity index is 2.07. The second-order valence-corrected chi connectivity index (χ2v) is 10.6. The molecule has 0 spiro atoms. The minimum Gasteiger partial charge on any atom is -0.355 e. The number of hydrogen-bond acceptors (Lipinski definition) is 2. The molecule has 0 aliphatic carbocycles. The van der Waals surface area contributed by atoms with E-state index in [4.69, 9.17) is 4.98 Å². The Bertz CT molecular complexity index is 1870. The summed E-state index contributed by atoms with van der Waals surface area (Å²) in [6, 6.07) is 6.45. The van der Waals surface area contributed by atoms with Gasteiger partial charge in [-0.25, -0.2) is 4.98 Å². The number of rotatable bonds is 6. The van der Waals surface area contributed by atoms with Crippen molar-refractivity contribution in [1.82, 2.24) is 19.9 Å². The Kier molecular flexibility index (Phi) is 6.94. The van der Waals surface area contributed by atoms with E-state index in [1.165, 1.54) is 22.3 Å². The predicted molar refractivity (Wildman–Crippen MR) is 167 cm³/mol. The van der Waals surface area contributed by atoms with Gasteiger partial charge in [0.05, 0.1) is 11.2 Å². The molecule has 1 aliphatic heterocycles. The second-order valence-electron chi connectivity index (χ2n) is 10.6. The number of allylic oxidation sites excluding steroid dienone is 3. The summed E-state index contributed by atoms with van der Waals surface area (Å²) < 4.78 is 0. The van der Waals surface area contributed by atoms with Crippen LogP contribution < -0.4 is 5.43 Å². The lowest BCUT2D eigenvalue weighted by molar-refractivity contribution is 0.922. The van der Waals surface area contributed by atoms with E-state index in [1.807, 2.05) is 19.9 Å². The Hall–Kier alpha value is -4.12. The van der Waals surface area contributed by atoms with Crippen LogP contribution in [-0.4, -0.2) is 19.9 Å². The first-order valence-corrected chi connectivity index (χ1v) is 13.9. The van der Waals surface area contributed by atoms with Crippen molar-refractivity contribution in [3.8, 4) is 0 Å². The maximum atomic E-state index is 14.0. The number of aromatic amines is 3. The van der Waals surface area contributed by atoms with Crippen LogP contribution in [0.1, 0.15) is 78.4 Å². The van der Waals surface area contributed by atoms with Crippen LogP contribution >= 0.6 is 0 Å². The molecule has 0 radical (unpaired) electrons. The molecule has 8 bridgehead atoms. The first-order chi connectivity index (χ1) is 18.7. The average Bonchev–Trinajstić information content (AvgIpc) is 3.59. The fraction of sp³-hybridized carbons (Fsp3) is 0.294. The average molecular weight is 519 g/mol. The third-order valence-corrected chi connectivity index (χ3v) is 8.22. The fourth-order valence-electron chi connectivity index (χ4n) is 5.96. The van der Waals surface area contributed by atoms with E-state index < -0.39 is 0 Å². The molecular formula is C34H38N4O. The number of aromatic nitrogens is 4. The highest BCUT2D eigenvalue weighted by atomic mass is 16.1. The van der Waals surface area contributed by atoms with E-state index in [-0.39, 0.29) is 5.43 Å². The summed E-state index contributed by atoms with van der Waals surface area (Å²) in [4.78, 5) is 29.6. The van der Waals surface area contributed by atoms with Crippen molar-refractivity contribution in [1.29, 1.82) is 0 Å². The lowest BCUT2D eigenvalue weighted by Gasteiger charge is -1.99. The number of fused-ring (bicyclic) bond motifs is 8. The summed E-state index contributed by atoms with van der Waals surface area (Å²) in [7, 11) is 0. The number of aryl methyl sites for hydroxylation is 5. The van der Waals surface area contributed by atoms with Gasteiger partial charge in [0.1, 0.15) is 5.69 Å². The normalized spacial score (nSPS) is 12.5. The van der Waals surface area contributed by atoms with Crippen molar-refractivity contribution in [2.75, 3.05) is 0 Å². The molecule has 39 heavy (non-hydrogen) atoms. The first-order valence-electron chi connectivity index (χ1n) is 13.9. The van der Waals surface area contributed by atoms with Crippen LogP contribution in [0, 0.1) is 20.8 Å². The molecule has 0 aromatic carbocycles. The van der Waals surface area contributed by atoms with Gasteiger partial charge < -0.3 is 15.0 Å². The molecule has 0 saturated carbocycles. The van der Waals surface area contributed by atoms with E-state index in [2.05, 4.69) is 74.0 Å². The number of nitrogens with one attached hydrogen (secondary N) is 3. The summed E-state index contributed by atoms with van der Waals surface area (Å²) in [5.74, 6) is 0. The number of nitrogens with zero attached hydrogens (tertiary/aromatic N) is 1. The molecule has 5 heteroatoms. The third kappa shape index (κ3) is 4.26. The van der Waals surface area contributed by atoms with Crippen LogP contribution in [0.4, 0.5) is 0 Å². The van der Waals surface area contributed by atoms with Crippen molar-refractivity contribution < 1.29 is 0 Å². The maximum Gasteiger partial charge on any atom is 0.228 e. The largest absolute Gasteiger partial charge is 0.355 e. The Morgan fingerprint density at radius 3 is 1.85 bits per heavy atom. The van der Waals surface area contributed by atoms with Crippen LogP contribution in [0.15, 0.2) is 42.2 Å². The zero-order chi connectivity index (χ0) is 28.0. The molecule has 0 saturated heterocycles. The number of hydrogen-bond donors (Lipinski definition) is 3. The smallest absolute Gasteiger partial charge is 0.228 e. The van der Waals surface area contributed by atoms with Crippen molar-refractivity contribution in [3.63, 3.8) is 0 Å². The van der Waals surface area contributed by atoms with E-state index >= 15 is 0 Å². The molecule has 3 N–H and O–H groups in total. The highest BCUT2D eigenvalue weighted by molar-refractivity contribution is 5.97. The van der Waals surface area contributed by atoms with Gasteiger partial charge in [-0.1, -0.05) is 52.0 Å². The molecule has 0 fully saturated rings. The third-order valence-electron chi connectivity index (χ3n) is 8.22. The highest BCUT2D eigenvalue weighted by Gasteiger charge is 2.20. The molecule has 200 valence electrons. The van der Waals surface area contributed by atoms with Crippen LogP contribution in [-0.2, 0) is 12.8 Å². The molecule has 4 aromatic rings. The summed E-state index contributed by atoms with van der Waals surface area (Å²) >= 11 is 0. The van der Waals surface area contributed by atoms with Gasteiger partial charge in [-0.3, -0.25) is 4.79 Å². The molecule has 0 atom stereocenters. The standard InChI is InChI=1S/C34H38N4O/c1-9-13-24-19(6)26-15-28-18(5)23(12-4)33(37-28)34(39)32-21(8)22(11-3)29(38-32)16-27-20(7)25(14-10-2)31(36-27)17-30(24)35-26/h11-12,15-17,35-36,38H,3-4,9-10,13-14H2,1-2,5-8H3. The second kappa shape index (κ2) is 10.2. The summed E-state index contributed by atoms with van der Waals surface area (Å²) in [6.45, 7) is 20.8. The molecule has 5 heterocycles. The van der Waals surface area contributed by atoms with Crippen molar-refractivity contribution in [2.24, 2.45) is 0 Å². The van der Waals surface area contributed by atoms with Gasteiger partial charge in [0.25, 0.3) is 0 Å². The van der Waals surface area contributed by atoms with E-state index in [0.717, 1.165) is 81.2 Å². The van der Waals surface area contributed by atoms with E-state index in [0.29, 0.717) is 11.2 Å². The van der Waals surface area contributed by atoms with Crippen molar-refractivity contribution >= 4 is 50.3 Å². The van der Waals surface area contributed by atoms with E-state index in [1.54, 1.807) is 6.08 Å². The molecule has 5 nitrogen and oxygen atoms in total. The fourth-order valence-corrected chi connectivity index (χ4v) is 5.96. The minimum atomic E-state index is -0.139. The van der Waals surface area contributed by atoms with Crippen LogP contribution in [0.3, 0.4) is 0 Å². The summed E-state index contributed by atoms with van der Waals surface area (Å²) in [5, 5.41) is 0. The summed E-state index contributed by atoms with van der Waals surface area (Å²) in [5.41, 5.74) is 15.3. The van der Waals surface area contributed by atoms with Gasteiger partial charge in [-0.05, 0) is 92.1 Å². The lowest BCUT2D eigenvalue weighted by Crippen LogP contribution is -2.07. The van der Waals surface area contributed by atoms with Crippen LogP contribution in [0.25, 0.3) is 50.3 Å².